The highest BCUT2D eigenvalue weighted by Gasteiger charge is 2.04. The van der Waals surface area contributed by atoms with Crippen LogP contribution in [-0.2, 0) is 0 Å². The Labute approximate surface area is 98.3 Å². The Morgan fingerprint density at radius 2 is 2.00 bits per heavy atom. The molecule has 0 saturated carbocycles. The largest absolute Gasteiger partial charge is 0.385 e. The van der Waals surface area contributed by atoms with Crippen molar-refractivity contribution in [3.05, 3.63) is 29.8 Å². The zero-order valence-corrected chi connectivity index (χ0v) is 10.2. The molecule has 2 heteroatoms. The number of nitrogens with zero attached hydrogens (tertiary/aromatic N) is 1. The van der Waals surface area contributed by atoms with Gasteiger partial charge in [0.25, 0.3) is 0 Å². The molecule has 0 fully saturated rings. The first kappa shape index (κ1) is 12.6. The Balaban J connectivity index is 2.44. The van der Waals surface area contributed by atoms with E-state index in [1.807, 2.05) is 0 Å². The van der Waals surface area contributed by atoms with Crippen molar-refractivity contribution in [2.24, 2.45) is 0 Å². The SMILES string of the molecule is CC(C)c1ccccc1NCCCCC#N. The van der Waals surface area contributed by atoms with E-state index in [1.54, 1.807) is 0 Å². The number of nitriles is 1. The number of rotatable bonds is 6. The summed E-state index contributed by atoms with van der Waals surface area (Å²) in [5.74, 6) is 0.544. The molecule has 0 spiro atoms. The first-order valence-electron chi connectivity index (χ1n) is 5.95. The molecular weight excluding hydrogens is 196 g/mol. The van der Waals surface area contributed by atoms with Crippen molar-refractivity contribution in [2.45, 2.75) is 39.0 Å². The van der Waals surface area contributed by atoms with Gasteiger partial charge in [0.15, 0.2) is 0 Å². The highest BCUT2D eigenvalue weighted by molar-refractivity contribution is 5.52. The lowest BCUT2D eigenvalue weighted by Gasteiger charge is -2.14. The summed E-state index contributed by atoms with van der Waals surface area (Å²) in [4.78, 5) is 0. The molecule has 0 aliphatic carbocycles. The quantitative estimate of drug-likeness (QED) is 0.732. The van der Waals surface area contributed by atoms with E-state index in [4.69, 9.17) is 5.26 Å². The predicted molar refractivity (Wildman–Crippen MR) is 68.5 cm³/mol. The first-order chi connectivity index (χ1) is 7.75. The van der Waals surface area contributed by atoms with Crippen molar-refractivity contribution < 1.29 is 0 Å². The van der Waals surface area contributed by atoms with Gasteiger partial charge in [-0.1, -0.05) is 32.0 Å². The summed E-state index contributed by atoms with van der Waals surface area (Å²) >= 11 is 0. The molecule has 1 aromatic carbocycles. The van der Waals surface area contributed by atoms with Gasteiger partial charge in [-0.25, -0.2) is 0 Å². The van der Waals surface area contributed by atoms with Crippen LogP contribution in [0, 0.1) is 11.3 Å². The van der Waals surface area contributed by atoms with Gasteiger partial charge >= 0.3 is 0 Å². The number of para-hydroxylation sites is 1. The first-order valence-corrected chi connectivity index (χ1v) is 5.95. The van der Waals surface area contributed by atoms with Crippen LogP contribution in [0.5, 0.6) is 0 Å². The normalized spacial score (nSPS) is 10.1. The highest BCUT2D eigenvalue weighted by atomic mass is 14.9. The number of unbranched alkanes of at least 4 members (excludes halogenated alkanes) is 2. The summed E-state index contributed by atoms with van der Waals surface area (Å²) in [5, 5.41) is 11.9. The van der Waals surface area contributed by atoms with Crippen molar-refractivity contribution in [3.63, 3.8) is 0 Å². The Hall–Kier alpha value is -1.49. The smallest absolute Gasteiger partial charge is 0.0621 e. The summed E-state index contributed by atoms with van der Waals surface area (Å²) in [5.41, 5.74) is 2.59. The molecule has 1 aromatic rings. The van der Waals surface area contributed by atoms with Crippen molar-refractivity contribution >= 4 is 5.69 Å². The maximum absolute atomic E-state index is 8.43. The third kappa shape index (κ3) is 3.94. The molecule has 0 bridgehead atoms. The minimum absolute atomic E-state index is 0.544. The number of hydrogen-bond acceptors (Lipinski definition) is 2. The number of hydrogen-bond donors (Lipinski definition) is 1. The van der Waals surface area contributed by atoms with E-state index in [1.165, 1.54) is 11.3 Å². The maximum atomic E-state index is 8.43. The van der Waals surface area contributed by atoms with E-state index >= 15 is 0 Å². The Morgan fingerprint density at radius 3 is 2.69 bits per heavy atom. The zero-order chi connectivity index (χ0) is 11.8. The van der Waals surface area contributed by atoms with Gasteiger partial charge in [0, 0.05) is 18.7 Å². The molecule has 0 aliphatic rings. The highest BCUT2D eigenvalue weighted by Crippen LogP contribution is 2.23. The van der Waals surface area contributed by atoms with Gasteiger partial charge in [-0.05, 0) is 30.4 Å². The van der Waals surface area contributed by atoms with E-state index in [-0.39, 0.29) is 0 Å². The van der Waals surface area contributed by atoms with Crippen LogP contribution in [0.25, 0.3) is 0 Å². The van der Waals surface area contributed by atoms with Gasteiger partial charge in [0.1, 0.15) is 0 Å². The Kier molecular flexibility index (Phi) is 5.42. The Morgan fingerprint density at radius 1 is 1.25 bits per heavy atom. The number of benzene rings is 1. The molecule has 1 rings (SSSR count). The molecule has 0 atom stereocenters. The molecule has 86 valence electrons. The second-order valence-electron chi connectivity index (χ2n) is 4.28. The van der Waals surface area contributed by atoms with E-state index in [9.17, 15) is 0 Å². The fourth-order valence-corrected chi connectivity index (χ4v) is 1.71. The van der Waals surface area contributed by atoms with Crippen LogP contribution in [0.4, 0.5) is 5.69 Å². The van der Waals surface area contributed by atoms with Gasteiger partial charge in [-0.3, -0.25) is 0 Å². The average molecular weight is 216 g/mol. The standard InChI is InChI=1S/C14H20N2/c1-12(2)13-8-4-5-9-14(13)16-11-7-3-6-10-15/h4-5,8-9,12,16H,3,6-7,11H2,1-2H3. The lowest BCUT2D eigenvalue weighted by Crippen LogP contribution is -2.04. The van der Waals surface area contributed by atoms with Crippen LogP contribution >= 0.6 is 0 Å². The second kappa shape index (κ2) is 6.90. The molecular formula is C14H20N2. The fraction of sp³-hybridized carbons (Fsp3) is 0.500. The molecule has 0 amide bonds. The monoisotopic (exact) mass is 216 g/mol. The molecule has 0 saturated heterocycles. The molecule has 0 heterocycles. The zero-order valence-electron chi connectivity index (χ0n) is 10.2. The van der Waals surface area contributed by atoms with Crippen LogP contribution in [0.1, 0.15) is 44.6 Å². The summed E-state index contributed by atoms with van der Waals surface area (Å²) < 4.78 is 0. The van der Waals surface area contributed by atoms with Gasteiger partial charge in [0.2, 0.25) is 0 Å². The second-order valence-corrected chi connectivity index (χ2v) is 4.28. The van der Waals surface area contributed by atoms with Gasteiger partial charge < -0.3 is 5.32 Å². The fourth-order valence-electron chi connectivity index (χ4n) is 1.71. The molecule has 16 heavy (non-hydrogen) atoms. The summed E-state index contributed by atoms with van der Waals surface area (Å²) in [6.45, 7) is 5.36. The minimum Gasteiger partial charge on any atom is -0.385 e. The van der Waals surface area contributed by atoms with Crippen LogP contribution in [-0.4, -0.2) is 6.54 Å². The number of nitrogens with one attached hydrogen (secondary N) is 1. The molecule has 0 aromatic heterocycles. The van der Waals surface area contributed by atoms with Crippen LogP contribution in [0.15, 0.2) is 24.3 Å². The van der Waals surface area contributed by atoms with Crippen molar-refractivity contribution in [3.8, 4) is 6.07 Å². The third-order valence-electron chi connectivity index (χ3n) is 2.61. The lowest BCUT2D eigenvalue weighted by molar-refractivity contribution is 0.781. The summed E-state index contributed by atoms with van der Waals surface area (Å²) in [6, 6.07) is 10.6. The summed E-state index contributed by atoms with van der Waals surface area (Å²) in [6.07, 6.45) is 2.70. The van der Waals surface area contributed by atoms with E-state index in [0.717, 1.165) is 19.4 Å². The van der Waals surface area contributed by atoms with Crippen LogP contribution < -0.4 is 5.32 Å². The van der Waals surface area contributed by atoms with Crippen molar-refractivity contribution in [1.82, 2.24) is 0 Å². The topological polar surface area (TPSA) is 35.8 Å². The predicted octanol–water partition coefficient (Wildman–Crippen LogP) is 3.92. The van der Waals surface area contributed by atoms with Gasteiger partial charge in [-0.15, -0.1) is 0 Å². The lowest BCUT2D eigenvalue weighted by atomic mass is 10.0. The molecule has 2 nitrogen and oxygen atoms in total. The molecule has 1 N–H and O–H groups in total. The van der Waals surface area contributed by atoms with Crippen molar-refractivity contribution in [2.75, 3.05) is 11.9 Å². The minimum atomic E-state index is 0.544. The molecule has 0 unspecified atom stereocenters. The van der Waals surface area contributed by atoms with E-state index in [2.05, 4.69) is 49.5 Å². The van der Waals surface area contributed by atoms with Crippen LogP contribution in [0.3, 0.4) is 0 Å². The van der Waals surface area contributed by atoms with Gasteiger partial charge in [-0.2, -0.15) is 5.26 Å². The van der Waals surface area contributed by atoms with Crippen molar-refractivity contribution in [1.29, 1.82) is 5.26 Å². The number of anilines is 1. The van der Waals surface area contributed by atoms with Crippen LogP contribution in [0.2, 0.25) is 0 Å². The van der Waals surface area contributed by atoms with E-state index in [0.29, 0.717) is 12.3 Å². The molecule has 0 radical (unpaired) electrons. The summed E-state index contributed by atoms with van der Waals surface area (Å²) in [7, 11) is 0. The Bertz CT molecular complexity index is 350. The third-order valence-corrected chi connectivity index (χ3v) is 2.61. The van der Waals surface area contributed by atoms with Gasteiger partial charge in [0.05, 0.1) is 6.07 Å². The maximum Gasteiger partial charge on any atom is 0.0621 e. The molecule has 0 aliphatic heterocycles. The van der Waals surface area contributed by atoms with E-state index < -0.39 is 0 Å². The average Bonchev–Trinajstić information content (AvgIpc) is 2.29.